The van der Waals surface area contributed by atoms with Crippen molar-refractivity contribution in [2.24, 2.45) is 0 Å². The maximum atomic E-state index is 13.5. The van der Waals surface area contributed by atoms with Gasteiger partial charge in [-0.25, -0.2) is 4.98 Å². The zero-order chi connectivity index (χ0) is 23.7. The Morgan fingerprint density at radius 3 is 2.74 bits per heavy atom. The quantitative estimate of drug-likeness (QED) is 0.457. The molecule has 2 amide bonds. The third kappa shape index (κ3) is 4.14. The van der Waals surface area contributed by atoms with Crippen LogP contribution in [-0.2, 0) is 6.54 Å². The van der Waals surface area contributed by atoms with Crippen molar-refractivity contribution in [1.29, 1.82) is 0 Å². The first kappa shape index (κ1) is 22.1. The third-order valence-corrected chi connectivity index (χ3v) is 7.37. The van der Waals surface area contributed by atoms with Crippen molar-refractivity contribution in [2.45, 2.75) is 31.8 Å². The van der Waals surface area contributed by atoms with Crippen molar-refractivity contribution in [3.8, 4) is 0 Å². The molecule has 8 nitrogen and oxygen atoms in total. The van der Waals surface area contributed by atoms with Gasteiger partial charge in [0.05, 0.1) is 24.0 Å². The second-order valence-electron chi connectivity index (χ2n) is 8.42. The van der Waals surface area contributed by atoms with Crippen molar-refractivity contribution >= 4 is 39.1 Å². The van der Waals surface area contributed by atoms with Crippen molar-refractivity contribution in [3.05, 3.63) is 76.6 Å². The van der Waals surface area contributed by atoms with Gasteiger partial charge in [0, 0.05) is 36.9 Å². The lowest BCUT2D eigenvalue weighted by atomic mass is 9.97. The van der Waals surface area contributed by atoms with Gasteiger partial charge in [0.15, 0.2) is 0 Å². The molecule has 0 unspecified atom stereocenters. The van der Waals surface area contributed by atoms with Gasteiger partial charge in [0.1, 0.15) is 9.71 Å². The Labute approximate surface area is 201 Å². The normalized spacial score (nSPS) is 16.0. The number of aromatic nitrogens is 3. The molecule has 1 aliphatic rings. The van der Waals surface area contributed by atoms with Gasteiger partial charge in [-0.3, -0.25) is 14.3 Å². The SMILES string of the molecule is CNC(=O)c1sc2nc([C@H]3CCCCN3C(=O)c3ccc(Cn4cccn4)cc3)ccc2c1N. The highest BCUT2D eigenvalue weighted by molar-refractivity contribution is 7.21. The number of hydrogen-bond acceptors (Lipinski definition) is 6. The van der Waals surface area contributed by atoms with Crippen LogP contribution in [0.15, 0.2) is 54.9 Å². The van der Waals surface area contributed by atoms with E-state index in [-0.39, 0.29) is 17.9 Å². The van der Waals surface area contributed by atoms with Crippen LogP contribution in [0.2, 0.25) is 0 Å². The molecule has 1 saturated heterocycles. The van der Waals surface area contributed by atoms with E-state index in [9.17, 15) is 9.59 Å². The number of carbonyl (C=O) groups is 2. The number of hydrogen-bond donors (Lipinski definition) is 2. The number of rotatable bonds is 5. The molecule has 5 rings (SSSR count). The highest BCUT2D eigenvalue weighted by Crippen LogP contribution is 2.36. The lowest BCUT2D eigenvalue weighted by Crippen LogP contribution is -2.38. The number of nitrogens with two attached hydrogens (primary N) is 1. The van der Waals surface area contributed by atoms with Gasteiger partial charge < -0.3 is 16.0 Å². The first-order chi connectivity index (χ1) is 16.5. The van der Waals surface area contributed by atoms with Gasteiger partial charge in [-0.1, -0.05) is 12.1 Å². The monoisotopic (exact) mass is 474 g/mol. The molecule has 9 heteroatoms. The molecule has 1 fully saturated rings. The summed E-state index contributed by atoms with van der Waals surface area (Å²) in [6.07, 6.45) is 6.52. The summed E-state index contributed by atoms with van der Waals surface area (Å²) < 4.78 is 1.85. The van der Waals surface area contributed by atoms with Crippen LogP contribution in [0.5, 0.6) is 0 Å². The summed E-state index contributed by atoms with van der Waals surface area (Å²) in [6.45, 7) is 1.36. The minimum Gasteiger partial charge on any atom is -0.397 e. The molecule has 1 atom stereocenters. The highest BCUT2D eigenvalue weighted by Gasteiger charge is 2.30. The summed E-state index contributed by atoms with van der Waals surface area (Å²) in [5, 5.41) is 7.63. The van der Waals surface area contributed by atoms with Crippen molar-refractivity contribution in [2.75, 3.05) is 19.3 Å². The Hall–Kier alpha value is -3.72. The average Bonchev–Trinajstić information content (AvgIpc) is 3.51. The minimum absolute atomic E-state index is 0.00831. The number of amides is 2. The average molecular weight is 475 g/mol. The number of nitrogens with one attached hydrogen (secondary N) is 1. The lowest BCUT2D eigenvalue weighted by molar-refractivity contribution is 0.0606. The largest absolute Gasteiger partial charge is 0.397 e. The summed E-state index contributed by atoms with van der Waals surface area (Å²) in [5.74, 6) is -0.207. The maximum Gasteiger partial charge on any atom is 0.263 e. The second-order valence-corrected chi connectivity index (χ2v) is 9.42. The number of thiophene rings is 1. The summed E-state index contributed by atoms with van der Waals surface area (Å²) >= 11 is 1.28. The number of likely N-dealkylation sites (tertiary alicyclic amines) is 1. The van der Waals surface area contributed by atoms with Crippen LogP contribution in [0, 0.1) is 0 Å². The molecule has 3 aromatic heterocycles. The van der Waals surface area contributed by atoms with Crippen LogP contribution < -0.4 is 11.1 Å². The van der Waals surface area contributed by atoms with Crippen LogP contribution in [-0.4, -0.2) is 45.1 Å². The molecule has 0 saturated carbocycles. The molecule has 34 heavy (non-hydrogen) atoms. The molecule has 3 N–H and O–H groups in total. The van der Waals surface area contributed by atoms with Gasteiger partial charge >= 0.3 is 0 Å². The molecule has 0 aliphatic carbocycles. The van der Waals surface area contributed by atoms with Crippen molar-refractivity contribution in [1.82, 2.24) is 25.0 Å². The zero-order valence-electron chi connectivity index (χ0n) is 18.9. The summed E-state index contributed by atoms with van der Waals surface area (Å²) in [7, 11) is 1.58. The molecule has 1 aliphatic heterocycles. The number of carbonyl (C=O) groups excluding carboxylic acids is 2. The number of piperidine rings is 1. The molecule has 0 bridgehead atoms. The molecule has 4 aromatic rings. The van der Waals surface area contributed by atoms with E-state index in [2.05, 4.69) is 10.4 Å². The van der Waals surface area contributed by atoms with E-state index in [0.29, 0.717) is 29.2 Å². The molecule has 1 aromatic carbocycles. The second kappa shape index (κ2) is 9.26. The fourth-order valence-corrected chi connectivity index (χ4v) is 5.51. The molecular weight excluding hydrogens is 448 g/mol. The van der Waals surface area contributed by atoms with E-state index in [4.69, 9.17) is 10.7 Å². The number of fused-ring (bicyclic) bond motifs is 1. The van der Waals surface area contributed by atoms with E-state index in [1.165, 1.54) is 11.3 Å². The fourth-order valence-electron chi connectivity index (χ4n) is 4.46. The van der Waals surface area contributed by atoms with Crippen molar-refractivity contribution < 1.29 is 9.59 Å². The number of nitrogen functional groups attached to an aromatic ring is 1. The smallest absolute Gasteiger partial charge is 0.263 e. The molecule has 4 heterocycles. The van der Waals surface area contributed by atoms with Gasteiger partial charge in [-0.05, 0) is 55.2 Å². The predicted octanol–water partition coefficient (Wildman–Crippen LogP) is 3.85. The fraction of sp³-hybridized carbons (Fsp3) is 0.280. The topological polar surface area (TPSA) is 106 Å². The van der Waals surface area contributed by atoms with Crippen LogP contribution in [0.25, 0.3) is 10.2 Å². The Kier molecular flexibility index (Phi) is 6.02. The van der Waals surface area contributed by atoms with E-state index in [0.717, 1.165) is 40.7 Å². The van der Waals surface area contributed by atoms with Crippen LogP contribution in [0.1, 0.15) is 56.6 Å². The Morgan fingerprint density at radius 2 is 2.00 bits per heavy atom. The first-order valence-electron chi connectivity index (χ1n) is 11.3. The van der Waals surface area contributed by atoms with E-state index < -0.39 is 0 Å². The maximum absolute atomic E-state index is 13.5. The third-order valence-electron chi connectivity index (χ3n) is 6.26. The molecular formula is C25H26N6O2S. The summed E-state index contributed by atoms with van der Waals surface area (Å²) in [4.78, 5) is 33.6. The van der Waals surface area contributed by atoms with Gasteiger partial charge in [0.25, 0.3) is 11.8 Å². The predicted molar refractivity (Wildman–Crippen MR) is 133 cm³/mol. The van der Waals surface area contributed by atoms with Gasteiger partial charge in [-0.15, -0.1) is 11.3 Å². The zero-order valence-corrected chi connectivity index (χ0v) is 19.7. The number of pyridine rings is 1. The number of benzene rings is 1. The van der Waals surface area contributed by atoms with E-state index in [1.807, 2.05) is 58.2 Å². The Morgan fingerprint density at radius 1 is 1.18 bits per heavy atom. The standard InChI is InChI=1S/C25H26N6O2S/c1-27-23(32)22-21(26)18-10-11-19(29-24(18)34-22)20-5-2-3-14-31(20)25(33)17-8-6-16(7-9-17)15-30-13-4-12-28-30/h4,6-13,20H,2-3,5,14-15,26H2,1H3,(H,27,32)/t20-/m1/s1. The van der Waals surface area contributed by atoms with Crippen molar-refractivity contribution in [3.63, 3.8) is 0 Å². The van der Waals surface area contributed by atoms with Crippen LogP contribution in [0.4, 0.5) is 5.69 Å². The summed E-state index contributed by atoms with van der Waals surface area (Å²) in [6, 6.07) is 13.4. The van der Waals surface area contributed by atoms with E-state index >= 15 is 0 Å². The van der Waals surface area contributed by atoms with Gasteiger partial charge in [0.2, 0.25) is 0 Å². The van der Waals surface area contributed by atoms with E-state index in [1.54, 1.807) is 13.2 Å². The first-order valence-corrected chi connectivity index (χ1v) is 12.1. The van der Waals surface area contributed by atoms with Crippen LogP contribution >= 0.6 is 11.3 Å². The molecule has 0 radical (unpaired) electrons. The Balaban J connectivity index is 1.40. The van der Waals surface area contributed by atoms with Gasteiger partial charge in [-0.2, -0.15) is 5.10 Å². The molecule has 0 spiro atoms. The summed E-state index contributed by atoms with van der Waals surface area (Å²) in [5.41, 5.74) is 9.23. The number of nitrogens with zero attached hydrogens (tertiary/aromatic N) is 4. The molecule has 174 valence electrons. The Bertz CT molecular complexity index is 1330. The minimum atomic E-state index is -0.215. The number of anilines is 1. The highest BCUT2D eigenvalue weighted by atomic mass is 32.1. The lowest BCUT2D eigenvalue weighted by Gasteiger charge is -2.35. The van der Waals surface area contributed by atoms with Crippen LogP contribution in [0.3, 0.4) is 0 Å².